The summed E-state index contributed by atoms with van der Waals surface area (Å²) in [4.78, 5) is 5.78. The van der Waals surface area contributed by atoms with Crippen LogP contribution in [-0.2, 0) is 6.42 Å². The Labute approximate surface area is 120 Å². The van der Waals surface area contributed by atoms with Gasteiger partial charge >= 0.3 is 0 Å². The lowest BCUT2D eigenvalue weighted by molar-refractivity contribution is 0.867. The summed E-state index contributed by atoms with van der Waals surface area (Å²) < 4.78 is 0.931. The lowest BCUT2D eigenvalue weighted by Crippen LogP contribution is -2.01. The molecule has 0 aliphatic heterocycles. The van der Waals surface area contributed by atoms with Crippen LogP contribution in [0.5, 0.6) is 0 Å². The first-order valence-electron chi connectivity index (χ1n) is 6.07. The van der Waals surface area contributed by atoms with Crippen molar-refractivity contribution in [3.8, 4) is 10.6 Å². The van der Waals surface area contributed by atoms with Crippen molar-refractivity contribution in [1.82, 2.24) is 4.98 Å². The van der Waals surface area contributed by atoms with E-state index in [1.165, 1.54) is 16.0 Å². The largest absolute Gasteiger partial charge is 0.330 e. The van der Waals surface area contributed by atoms with Gasteiger partial charge in [0.25, 0.3) is 0 Å². The molecule has 18 heavy (non-hydrogen) atoms. The number of thiazole rings is 1. The van der Waals surface area contributed by atoms with E-state index in [2.05, 4.69) is 59.0 Å². The molecule has 0 aliphatic rings. The summed E-state index contributed by atoms with van der Waals surface area (Å²) in [6.45, 7) is 5.06. The van der Waals surface area contributed by atoms with Crippen molar-refractivity contribution in [1.29, 1.82) is 0 Å². The third kappa shape index (κ3) is 2.99. The Balaban J connectivity index is 2.28. The van der Waals surface area contributed by atoms with Gasteiger partial charge < -0.3 is 5.73 Å². The normalized spacial score (nSPS) is 11.2. The molecule has 0 saturated heterocycles. The molecule has 0 saturated carbocycles. The Hall–Kier alpha value is -0.710. The number of nitrogens with zero attached hydrogens (tertiary/aromatic N) is 1. The summed E-state index contributed by atoms with van der Waals surface area (Å²) in [5.41, 5.74) is 8.12. The van der Waals surface area contributed by atoms with Gasteiger partial charge in [0, 0.05) is 10.4 Å². The van der Waals surface area contributed by atoms with Gasteiger partial charge in [-0.25, -0.2) is 4.98 Å². The van der Waals surface area contributed by atoms with Crippen LogP contribution >= 0.6 is 27.3 Å². The van der Waals surface area contributed by atoms with Crippen LogP contribution in [0.15, 0.2) is 28.9 Å². The predicted octanol–water partition coefficient (Wildman–Crippen LogP) is 4.20. The second-order valence-electron chi connectivity index (χ2n) is 4.55. The van der Waals surface area contributed by atoms with Crippen molar-refractivity contribution < 1.29 is 0 Å². The van der Waals surface area contributed by atoms with Crippen LogP contribution in [0.25, 0.3) is 10.6 Å². The average molecular weight is 325 g/mol. The number of hydrogen-bond donors (Lipinski definition) is 1. The summed E-state index contributed by atoms with van der Waals surface area (Å²) in [6.07, 6.45) is 0.877. The van der Waals surface area contributed by atoms with Crippen LogP contribution in [-0.4, -0.2) is 11.5 Å². The highest BCUT2D eigenvalue weighted by molar-refractivity contribution is 9.10. The molecule has 0 amide bonds. The first-order chi connectivity index (χ1) is 8.61. The third-order valence-electron chi connectivity index (χ3n) is 2.85. The maximum atomic E-state index is 5.59. The van der Waals surface area contributed by atoms with E-state index in [1.807, 2.05) is 0 Å². The summed E-state index contributed by atoms with van der Waals surface area (Å²) in [5, 5.41) is 1.06. The molecule has 1 aromatic heterocycles. The van der Waals surface area contributed by atoms with Crippen LogP contribution in [0.3, 0.4) is 0 Å². The van der Waals surface area contributed by atoms with Gasteiger partial charge in [0.1, 0.15) is 9.61 Å². The molecule has 2 nitrogen and oxygen atoms in total. The Morgan fingerprint density at radius 3 is 2.50 bits per heavy atom. The summed E-state index contributed by atoms with van der Waals surface area (Å²) in [5.74, 6) is 0.565. The first-order valence-corrected chi connectivity index (χ1v) is 7.68. The molecule has 4 heteroatoms. The molecule has 1 heterocycles. The Kier molecular flexibility index (Phi) is 4.54. The summed E-state index contributed by atoms with van der Waals surface area (Å²) in [7, 11) is 0. The minimum atomic E-state index is 0.565. The molecule has 0 bridgehead atoms. The van der Waals surface area contributed by atoms with Gasteiger partial charge in [0.15, 0.2) is 0 Å². The maximum absolute atomic E-state index is 5.59. The van der Waals surface area contributed by atoms with Gasteiger partial charge in [-0.2, -0.15) is 0 Å². The molecule has 0 spiro atoms. The van der Waals surface area contributed by atoms with Gasteiger partial charge in [-0.05, 0) is 40.4 Å². The van der Waals surface area contributed by atoms with E-state index >= 15 is 0 Å². The van der Waals surface area contributed by atoms with Crippen LogP contribution in [0.2, 0.25) is 0 Å². The highest BCUT2D eigenvalue weighted by Gasteiger charge is 2.10. The van der Waals surface area contributed by atoms with E-state index in [4.69, 9.17) is 5.73 Å². The van der Waals surface area contributed by atoms with Crippen molar-refractivity contribution in [2.75, 3.05) is 6.54 Å². The number of nitrogens with two attached hydrogens (primary N) is 1. The van der Waals surface area contributed by atoms with Crippen LogP contribution in [0.1, 0.15) is 30.2 Å². The van der Waals surface area contributed by atoms with E-state index in [9.17, 15) is 0 Å². The quantitative estimate of drug-likeness (QED) is 0.915. The van der Waals surface area contributed by atoms with Crippen molar-refractivity contribution in [3.63, 3.8) is 0 Å². The van der Waals surface area contributed by atoms with Crippen LogP contribution in [0, 0.1) is 0 Å². The van der Waals surface area contributed by atoms with E-state index in [0.717, 1.165) is 16.0 Å². The molecule has 96 valence electrons. The molecule has 2 aromatic rings. The fraction of sp³-hybridized carbons (Fsp3) is 0.357. The van der Waals surface area contributed by atoms with Crippen molar-refractivity contribution in [3.05, 3.63) is 39.3 Å². The monoisotopic (exact) mass is 324 g/mol. The van der Waals surface area contributed by atoms with Crippen molar-refractivity contribution in [2.45, 2.75) is 26.2 Å². The van der Waals surface area contributed by atoms with E-state index in [-0.39, 0.29) is 0 Å². The minimum absolute atomic E-state index is 0.565. The molecule has 0 atom stereocenters. The van der Waals surface area contributed by atoms with E-state index in [0.29, 0.717) is 12.5 Å². The molecule has 2 rings (SSSR count). The SMILES string of the molecule is CC(C)c1ccc(-c2nc(Br)c(CCN)s2)cc1. The summed E-state index contributed by atoms with van der Waals surface area (Å²) in [6, 6.07) is 8.65. The zero-order valence-corrected chi connectivity index (χ0v) is 13.0. The molecule has 0 radical (unpaired) electrons. The average Bonchev–Trinajstić information content (AvgIpc) is 2.72. The number of benzene rings is 1. The molecular formula is C14H17BrN2S. The number of aromatic nitrogens is 1. The molecule has 0 aliphatic carbocycles. The zero-order valence-electron chi connectivity index (χ0n) is 10.6. The smallest absolute Gasteiger partial charge is 0.124 e. The first kappa shape index (κ1) is 13.7. The van der Waals surface area contributed by atoms with Crippen molar-refractivity contribution >= 4 is 27.3 Å². The molecule has 1 aromatic carbocycles. The van der Waals surface area contributed by atoms with Gasteiger partial charge in [0.05, 0.1) is 0 Å². The van der Waals surface area contributed by atoms with E-state index < -0.39 is 0 Å². The highest BCUT2D eigenvalue weighted by Crippen LogP contribution is 2.31. The lowest BCUT2D eigenvalue weighted by atomic mass is 10.0. The zero-order chi connectivity index (χ0) is 13.1. The number of hydrogen-bond acceptors (Lipinski definition) is 3. The molecule has 2 N–H and O–H groups in total. The Morgan fingerprint density at radius 2 is 1.94 bits per heavy atom. The second-order valence-corrected chi connectivity index (χ2v) is 6.38. The second kappa shape index (κ2) is 5.95. The maximum Gasteiger partial charge on any atom is 0.124 e. The molecule has 0 fully saturated rings. The van der Waals surface area contributed by atoms with Gasteiger partial charge in [-0.1, -0.05) is 38.1 Å². The fourth-order valence-corrected chi connectivity index (χ4v) is 3.46. The third-order valence-corrected chi connectivity index (χ3v) is 4.93. The minimum Gasteiger partial charge on any atom is -0.330 e. The predicted molar refractivity (Wildman–Crippen MR) is 82.1 cm³/mol. The Morgan fingerprint density at radius 1 is 1.28 bits per heavy atom. The topological polar surface area (TPSA) is 38.9 Å². The Bertz CT molecular complexity index is 517. The number of rotatable bonds is 4. The van der Waals surface area contributed by atoms with Crippen LogP contribution < -0.4 is 5.73 Å². The van der Waals surface area contributed by atoms with Gasteiger partial charge in [-0.15, -0.1) is 11.3 Å². The number of halogens is 1. The molecule has 0 unspecified atom stereocenters. The van der Waals surface area contributed by atoms with E-state index in [1.54, 1.807) is 11.3 Å². The fourth-order valence-electron chi connectivity index (χ4n) is 1.75. The molecular weight excluding hydrogens is 308 g/mol. The lowest BCUT2D eigenvalue weighted by Gasteiger charge is -2.05. The van der Waals surface area contributed by atoms with Crippen LogP contribution in [0.4, 0.5) is 0 Å². The van der Waals surface area contributed by atoms with Gasteiger partial charge in [-0.3, -0.25) is 0 Å². The summed E-state index contributed by atoms with van der Waals surface area (Å²) >= 11 is 5.21. The van der Waals surface area contributed by atoms with Crippen molar-refractivity contribution in [2.24, 2.45) is 5.73 Å². The highest BCUT2D eigenvalue weighted by atomic mass is 79.9. The van der Waals surface area contributed by atoms with Gasteiger partial charge in [0.2, 0.25) is 0 Å². The standard InChI is InChI=1S/C14H17BrN2S/c1-9(2)10-3-5-11(6-4-10)14-17-13(15)12(18-14)7-8-16/h3-6,9H,7-8,16H2,1-2H3.